The molecule has 0 saturated carbocycles. The lowest BCUT2D eigenvalue weighted by atomic mass is 10.0. The van der Waals surface area contributed by atoms with Crippen LogP contribution in [-0.2, 0) is 24.2 Å². The zero-order valence-electron chi connectivity index (χ0n) is 16.3. The zero-order valence-corrected chi connectivity index (χ0v) is 17.1. The number of nitrogens with zero attached hydrogens (tertiary/aromatic N) is 2. The van der Waals surface area contributed by atoms with Crippen molar-refractivity contribution >= 4 is 29.1 Å². The average Bonchev–Trinajstić information content (AvgIpc) is 3.30. The molecule has 0 atom stereocenters. The van der Waals surface area contributed by atoms with Crippen molar-refractivity contribution < 1.29 is 19.8 Å². The molecule has 29 heavy (non-hydrogen) atoms. The van der Waals surface area contributed by atoms with Crippen LogP contribution in [0.15, 0.2) is 36.7 Å². The third-order valence-corrected chi connectivity index (χ3v) is 5.64. The number of carboxylic acid groups (broad SMARTS) is 1. The predicted octanol–water partition coefficient (Wildman–Crippen LogP) is 4.17. The molecular weight excluding hydrogens is 390 g/mol. The number of anilines is 1. The Bertz CT molecular complexity index is 1020. The number of phenolic OH excluding ortho intramolecular Hbond substituents is 1. The molecule has 3 aromatic rings. The Morgan fingerprint density at radius 2 is 1.90 bits per heavy atom. The van der Waals surface area contributed by atoms with E-state index in [-0.39, 0.29) is 23.6 Å². The smallest absolute Gasteiger partial charge is 0.339 e. The standard InChI is InChI=1S/C21H23N3O4S/c1-3-15-18(29-23-20(15)13-5-7-14(25)8-6-13)9-10-19(26)22-17-12-24(4-2)11-16(17)21(27)28/h5-8,11-12,25H,3-4,9-10H2,1-2H3,(H,22,26)(H,27,28). The molecule has 0 radical (unpaired) electrons. The molecule has 0 saturated heterocycles. The Labute approximate surface area is 172 Å². The van der Waals surface area contributed by atoms with Gasteiger partial charge in [0.15, 0.2) is 0 Å². The highest BCUT2D eigenvalue weighted by atomic mass is 32.1. The van der Waals surface area contributed by atoms with Gasteiger partial charge in [-0.25, -0.2) is 4.79 Å². The van der Waals surface area contributed by atoms with Crippen molar-refractivity contribution in [1.82, 2.24) is 8.94 Å². The van der Waals surface area contributed by atoms with Crippen molar-refractivity contribution in [3.05, 3.63) is 52.7 Å². The summed E-state index contributed by atoms with van der Waals surface area (Å²) in [6.45, 7) is 4.57. The van der Waals surface area contributed by atoms with Gasteiger partial charge in [0.25, 0.3) is 0 Å². The van der Waals surface area contributed by atoms with Crippen LogP contribution in [0.5, 0.6) is 5.75 Å². The summed E-state index contributed by atoms with van der Waals surface area (Å²) in [5.41, 5.74) is 3.30. The fraction of sp³-hybridized carbons (Fsp3) is 0.286. The number of carbonyl (C=O) groups is 2. The average molecular weight is 413 g/mol. The van der Waals surface area contributed by atoms with Crippen LogP contribution in [0.1, 0.15) is 41.1 Å². The maximum absolute atomic E-state index is 12.4. The maximum Gasteiger partial charge on any atom is 0.339 e. The van der Waals surface area contributed by atoms with Gasteiger partial charge in [-0.15, -0.1) is 0 Å². The number of rotatable bonds is 8. The molecule has 0 spiro atoms. The number of carboxylic acids is 1. The number of amides is 1. The van der Waals surface area contributed by atoms with Gasteiger partial charge in [-0.2, -0.15) is 4.37 Å². The van der Waals surface area contributed by atoms with Crippen LogP contribution in [0, 0.1) is 0 Å². The highest BCUT2D eigenvalue weighted by Crippen LogP contribution is 2.31. The lowest BCUT2D eigenvalue weighted by Crippen LogP contribution is -2.14. The van der Waals surface area contributed by atoms with E-state index in [4.69, 9.17) is 0 Å². The molecule has 1 aromatic carbocycles. The third-order valence-electron chi connectivity index (χ3n) is 4.69. The first-order valence-electron chi connectivity index (χ1n) is 9.42. The first kappa shape index (κ1) is 20.6. The van der Waals surface area contributed by atoms with Gasteiger partial charge in [-0.1, -0.05) is 6.92 Å². The first-order valence-corrected chi connectivity index (χ1v) is 10.2. The van der Waals surface area contributed by atoms with Crippen LogP contribution in [-0.4, -0.2) is 31.0 Å². The van der Waals surface area contributed by atoms with Gasteiger partial charge in [-0.3, -0.25) is 4.79 Å². The Kier molecular flexibility index (Phi) is 6.33. The van der Waals surface area contributed by atoms with E-state index in [1.54, 1.807) is 22.9 Å². The summed E-state index contributed by atoms with van der Waals surface area (Å²) < 4.78 is 6.27. The van der Waals surface area contributed by atoms with Gasteiger partial charge >= 0.3 is 5.97 Å². The first-order chi connectivity index (χ1) is 13.9. The minimum Gasteiger partial charge on any atom is -0.508 e. The number of carbonyl (C=O) groups excluding carboxylic acids is 1. The van der Waals surface area contributed by atoms with Gasteiger partial charge in [0.05, 0.1) is 11.4 Å². The molecule has 1 amide bonds. The van der Waals surface area contributed by atoms with Crippen LogP contribution in [0.25, 0.3) is 11.3 Å². The summed E-state index contributed by atoms with van der Waals surface area (Å²) >= 11 is 1.37. The minimum absolute atomic E-state index is 0.0850. The summed E-state index contributed by atoms with van der Waals surface area (Å²) in [6.07, 6.45) is 4.70. The number of hydrogen-bond acceptors (Lipinski definition) is 5. The molecule has 0 aliphatic rings. The largest absolute Gasteiger partial charge is 0.508 e. The van der Waals surface area contributed by atoms with Crippen molar-refractivity contribution in [2.24, 2.45) is 0 Å². The number of nitrogens with one attached hydrogen (secondary N) is 1. The summed E-state index contributed by atoms with van der Waals surface area (Å²) in [6, 6.07) is 6.91. The van der Waals surface area contributed by atoms with Gasteiger partial charge < -0.3 is 20.1 Å². The van der Waals surface area contributed by atoms with Crippen molar-refractivity contribution in [2.75, 3.05) is 5.32 Å². The molecule has 152 valence electrons. The van der Waals surface area contributed by atoms with Gasteiger partial charge in [-0.05, 0) is 61.1 Å². The van der Waals surface area contributed by atoms with Gasteiger partial charge in [0, 0.05) is 35.8 Å². The number of aryl methyl sites for hydroxylation is 2. The molecule has 0 bridgehead atoms. The van der Waals surface area contributed by atoms with Crippen molar-refractivity contribution in [3.8, 4) is 17.0 Å². The molecule has 3 N–H and O–H groups in total. The minimum atomic E-state index is -1.07. The molecule has 2 aromatic heterocycles. The van der Waals surface area contributed by atoms with E-state index in [9.17, 15) is 19.8 Å². The van der Waals surface area contributed by atoms with E-state index in [1.807, 2.05) is 26.0 Å². The van der Waals surface area contributed by atoms with Crippen molar-refractivity contribution in [2.45, 2.75) is 39.7 Å². The Morgan fingerprint density at radius 1 is 1.17 bits per heavy atom. The molecule has 0 aliphatic carbocycles. The van der Waals surface area contributed by atoms with Crippen LogP contribution >= 0.6 is 11.5 Å². The van der Waals surface area contributed by atoms with Crippen LogP contribution in [0.3, 0.4) is 0 Å². The van der Waals surface area contributed by atoms with E-state index in [0.717, 1.165) is 28.1 Å². The third kappa shape index (κ3) is 4.65. The van der Waals surface area contributed by atoms with E-state index in [2.05, 4.69) is 9.69 Å². The number of aromatic carboxylic acids is 1. The van der Waals surface area contributed by atoms with E-state index >= 15 is 0 Å². The molecule has 8 heteroatoms. The quantitative estimate of drug-likeness (QED) is 0.514. The number of aromatic hydroxyl groups is 1. The zero-order chi connectivity index (χ0) is 21.0. The second-order valence-electron chi connectivity index (χ2n) is 6.60. The summed E-state index contributed by atoms with van der Waals surface area (Å²) in [5.74, 6) is -1.10. The van der Waals surface area contributed by atoms with Gasteiger partial charge in [0.2, 0.25) is 5.91 Å². The van der Waals surface area contributed by atoms with Gasteiger partial charge in [0.1, 0.15) is 11.3 Å². The Morgan fingerprint density at radius 3 is 2.52 bits per heavy atom. The van der Waals surface area contributed by atoms with E-state index in [0.29, 0.717) is 18.7 Å². The number of benzene rings is 1. The molecule has 0 fully saturated rings. The summed E-state index contributed by atoms with van der Waals surface area (Å²) in [4.78, 5) is 24.8. The van der Waals surface area contributed by atoms with E-state index < -0.39 is 5.97 Å². The van der Waals surface area contributed by atoms with Crippen LogP contribution in [0.2, 0.25) is 0 Å². The molecule has 0 unspecified atom stereocenters. The molecule has 7 nitrogen and oxygen atoms in total. The number of aromatic nitrogens is 2. The Balaban J connectivity index is 1.70. The second-order valence-corrected chi connectivity index (χ2v) is 7.46. The fourth-order valence-corrected chi connectivity index (χ4v) is 4.11. The second kappa shape index (κ2) is 8.91. The van der Waals surface area contributed by atoms with Crippen molar-refractivity contribution in [1.29, 1.82) is 0 Å². The summed E-state index contributed by atoms with van der Waals surface area (Å²) in [7, 11) is 0. The number of hydrogen-bond donors (Lipinski definition) is 3. The lowest BCUT2D eigenvalue weighted by Gasteiger charge is -2.06. The molecule has 2 heterocycles. The highest BCUT2D eigenvalue weighted by Gasteiger charge is 2.18. The Hall–Kier alpha value is -3.13. The monoisotopic (exact) mass is 413 g/mol. The molecular formula is C21H23N3O4S. The SMILES string of the molecule is CCc1c(-c2ccc(O)cc2)nsc1CCC(=O)Nc1cn(CC)cc1C(=O)O. The number of phenols is 1. The predicted molar refractivity (Wildman–Crippen MR) is 113 cm³/mol. The molecule has 3 rings (SSSR count). The fourth-order valence-electron chi connectivity index (χ4n) is 3.15. The normalized spacial score (nSPS) is 10.8. The lowest BCUT2D eigenvalue weighted by molar-refractivity contribution is -0.116. The van der Waals surface area contributed by atoms with E-state index in [1.165, 1.54) is 17.7 Å². The highest BCUT2D eigenvalue weighted by molar-refractivity contribution is 7.06. The molecule has 0 aliphatic heterocycles. The summed E-state index contributed by atoms with van der Waals surface area (Å²) in [5, 5.41) is 21.5. The topological polar surface area (TPSA) is 104 Å². The maximum atomic E-state index is 12.4. The van der Waals surface area contributed by atoms with Crippen LogP contribution < -0.4 is 5.32 Å². The van der Waals surface area contributed by atoms with Crippen molar-refractivity contribution in [3.63, 3.8) is 0 Å². The van der Waals surface area contributed by atoms with Crippen LogP contribution in [0.4, 0.5) is 5.69 Å².